The molecule has 1 aliphatic heterocycles. The van der Waals surface area contributed by atoms with Crippen LogP contribution in [0.1, 0.15) is 53.9 Å². The molecule has 2 N–H and O–H groups in total. The third-order valence-electron chi connectivity index (χ3n) is 7.10. The van der Waals surface area contributed by atoms with Gasteiger partial charge in [-0.3, -0.25) is 9.59 Å². The molecule has 1 aromatic heterocycles. The van der Waals surface area contributed by atoms with E-state index in [1.165, 1.54) is 11.1 Å². The van der Waals surface area contributed by atoms with E-state index in [9.17, 15) is 14.7 Å². The van der Waals surface area contributed by atoms with Gasteiger partial charge in [-0.1, -0.05) is 22.0 Å². The van der Waals surface area contributed by atoms with Crippen LogP contribution in [0.3, 0.4) is 0 Å². The molecule has 178 valence electrons. The lowest BCUT2D eigenvalue weighted by atomic mass is 9.80. The number of aliphatic hydroxyl groups is 1. The quantitative estimate of drug-likeness (QED) is 0.565. The van der Waals surface area contributed by atoms with Crippen molar-refractivity contribution in [3.8, 4) is 0 Å². The lowest BCUT2D eigenvalue weighted by Gasteiger charge is -2.36. The van der Waals surface area contributed by atoms with E-state index < -0.39 is 0 Å². The van der Waals surface area contributed by atoms with E-state index in [4.69, 9.17) is 0 Å². The number of carbonyl (C=O) groups is 1. The first kappa shape index (κ1) is 24.2. The number of hydrogen-bond donors (Lipinski definition) is 2. The van der Waals surface area contributed by atoms with Gasteiger partial charge in [0, 0.05) is 49.5 Å². The van der Waals surface area contributed by atoms with Crippen LogP contribution >= 0.6 is 15.9 Å². The maximum atomic E-state index is 13.9. The van der Waals surface area contributed by atoms with E-state index in [-0.39, 0.29) is 29.9 Å². The zero-order valence-electron chi connectivity index (χ0n) is 19.5. The fourth-order valence-electron chi connectivity index (χ4n) is 4.91. The number of aliphatic hydroxyl groups excluding tert-OH is 1. The second kappa shape index (κ2) is 10.5. The molecule has 4 rings (SSSR count). The minimum atomic E-state index is -0.172. The van der Waals surface area contributed by atoms with Gasteiger partial charge < -0.3 is 19.9 Å². The molecular weight excluding hydrogens is 482 g/mol. The fraction of sp³-hybridized carbons (Fsp3) is 0.538. The first-order valence-corrected chi connectivity index (χ1v) is 12.7. The van der Waals surface area contributed by atoms with Crippen molar-refractivity contribution in [3.63, 3.8) is 0 Å². The average molecular weight is 516 g/mol. The second-order valence-electron chi connectivity index (χ2n) is 9.50. The molecule has 0 radical (unpaired) electrons. The van der Waals surface area contributed by atoms with Gasteiger partial charge in [-0.2, -0.15) is 0 Å². The molecule has 1 unspecified atom stereocenters. The maximum absolute atomic E-state index is 13.9. The summed E-state index contributed by atoms with van der Waals surface area (Å²) in [5.74, 6) is 0.0666. The number of halogens is 1. The molecule has 7 heteroatoms. The number of aromatic nitrogens is 1. The first-order chi connectivity index (χ1) is 15.9. The van der Waals surface area contributed by atoms with Gasteiger partial charge in [0.05, 0.1) is 5.92 Å². The molecule has 0 bridgehead atoms. The first-order valence-electron chi connectivity index (χ1n) is 12.0. The number of nitrogens with one attached hydrogen (secondary N) is 1. The highest BCUT2D eigenvalue weighted by Gasteiger charge is 2.40. The molecular formula is C26H34BrN3O3. The highest BCUT2D eigenvalue weighted by Crippen LogP contribution is 2.36. The summed E-state index contributed by atoms with van der Waals surface area (Å²) in [6.45, 7) is 4.35. The summed E-state index contributed by atoms with van der Waals surface area (Å²) >= 11 is 3.69. The van der Waals surface area contributed by atoms with Crippen LogP contribution in [0.25, 0.3) is 0 Å². The van der Waals surface area contributed by atoms with Crippen LogP contribution in [-0.2, 0) is 24.8 Å². The highest BCUT2D eigenvalue weighted by molar-refractivity contribution is 9.10. The number of pyridine rings is 1. The van der Waals surface area contributed by atoms with Crippen molar-refractivity contribution >= 4 is 21.8 Å². The smallest absolute Gasteiger partial charge is 0.250 e. The lowest BCUT2D eigenvalue weighted by molar-refractivity contribution is -0.138. The van der Waals surface area contributed by atoms with Gasteiger partial charge in [0.1, 0.15) is 0 Å². The number of piperidine rings is 1. The maximum Gasteiger partial charge on any atom is 0.250 e. The van der Waals surface area contributed by atoms with Crippen molar-refractivity contribution < 1.29 is 9.90 Å². The SMILES string of the molecule is Cc1c(Br)cc(CN(C(=O)[C@H]2CNCCC2c2ccn(C)c(=O)c2)C2CC2)cc1CCCO. The van der Waals surface area contributed by atoms with Crippen molar-refractivity contribution in [2.45, 2.75) is 57.5 Å². The topological polar surface area (TPSA) is 74.6 Å². The van der Waals surface area contributed by atoms with Gasteiger partial charge in [-0.05, 0) is 85.9 Å². The van der Waals surface area contributed by atoms with Crippen molar-refractivity contribution in [2.24, 2.45) is 13.0 Å². The predicted octanol–water partition coefficient (Wildman–Crippen LogP) is 3.27. The zero-order valence-corrected chi connectivity index (χ0v) is 21.1. The van der Waals surface area contributed by atoms with E-state index in [1.807, 2.05) is 6.07 Å². The lowest BCUT2D eigenvalue weighted by Crippen LogP contribution is -2.47. The highest BCUT2D eigenvalue weighted by atomic mass is 79.9. The molecule has 0 spiro atoms. The number of aryl methyl sites for hydroxylation is 2. The Morgan fingerprint density at radius 1 is 1.27 bits per heavy atom. The Bertz CT molecular complexity index is 1060. The third kappa shape index (κ3) is 5.58. The molecule has 6 nitrogen and oxygen atoms in total. The average Bonchev–Trinajstić information content (AvgIpc) is 3.65. The summed E-state index contributed by atoms with van der Waals surface area (Å²) in [6, 6.07) is 8.30. The van der Waals surface area contributed by atoms with Crippen molar-refractivity contribution in [3.05, 3.63) is 67.5 Å². The number of hydrogen-bond acceptors (Lipinski definition) is 4. The molecule has 1 saturated carbocycles. The summed E-state index contributed by atoms with van der Waals surface area (Å²) in [6.07, 6.45) is 6.30. The Morgan fingerprint density at radius 3 is 2.76 bits per heavy atom. The summed E-state index contributed by atoms with van der Waals surface area (Å²) in [5.41, 5.74) is 4.47. The van der Waals surface area contributed by atoms with E-state index in [0.717, 1.165) is 54.2 Å². The molecule has 1 aromatic carbocycles. The molecule has 1 aliphatic carbocycles. The molecule has 2 aromatic rings. The van der Waals surface area contributed by atoms with Crippen molar-refractivity contribution in [1.29, 1.82) is 0 Å². The Balaban J connectivity index is 1.58. The van der Waals surface area contributed by atoms with Gasteiger partial charge in [0.2, 0.25) is 5.91 Å². The minimum absolute atomic E-state index is 0.0313. The Hall–Kier alpha value is -1.96. The Morgan fingerprint density at radius 2 is 2.06 bits per heavy atom. The molecule has 2 atom stereocenters. The standard InChI is InChI=1S/C26H34BrN3O3/c1-17-19(4-3-11-31)12-18(13-24(17)27)16-30(21-5-6-21)26(33)23-15-28-9-7-22(23)20-8-10-29(2)25(32)14-20/h8,10,12-14,21-23,28,31H,3-7,9,11,15-16H2,1-2H3/t22?,23-/m0/s1. The molecule has 33 heavy (non-hydrogen) atoms. The van der Waals surface area contributed by atoms with Crippen LogP contribution in [0.15, 0.2) is 39.7 Å². The van der Waals surface area contributed by atoms with Gasteiger partial charge in [-0.25, -0.2) is 0 Å². The summed E-state index contributed by atoms with van der Waals surface area (Å²) < 4.78 is 2.62. The van der Waals surface area contributed by atoms with Gasteiger partial charge >= 0.3 is 0 Å². The monoisotopic (exact) mass is 515 g/mol. The number of amides is 1. The summed E-state index contributed by atoms with van der Waals surface area (Å²) in [5, 5.41) is 12.7. The largest absolute Gasteiger partial charge is 0.396 e. The molecule has 1 amide bonds. The predicted molar refractivity (Wildman–Crippen MR) is 133 cm³/mol. The van der Waals surface area contributed by atoms with Crippen LogP contribution in [0.5, 0.6) is 0 Å². The molecule has 2 fully saturated rings. The van der Waals surface area contributed by atoms with E-state index in [1.54, 1.807) is 23.9 Å². The summed E-state index contributed by atoms with van der Waals surface area (Å²) in [4.78, 5) is 28.2. The minimum Gasteiger partial charge on any atom is -0.396 e. The van der Waals surface area contributed by atoms with Crippen LogP contribution in [0.2, 0.25) is 0 Å². The number of nitrogens with zero attached hydrogens (tertiary/aromatic N) is 2. The van der Waals surface area contributed by atoms with E-state index in [2.05, 4.69) is 45.2 Å². The zero-order chi connectivity index (χ0) is 23.5. The van der Waals surface area contributed by atoms with E-state index in [0.29, 0.717) is 19.1 Å². The number of rotatable bonds is 8. The Kier molecular flexibility index (Phi) is 7.72. The van der Waals surface area contributed by atoms with Gasteiger partial charge in [-0.15, -0.1) is 0 Å². The fourth-order valence-corrected chi connectivity index (χ4v) is 5.46. The second-order valence-corrected chi connectivity index (χ2v) is 10.4. The van der Waals surface area contributed by atoms with Crippen molar-refractivity contribution in [1.82, 2.24) is 14.8 Å². The number of carbonyl (C=O) groups excluding carboxylic acids is 1. The number of benzene rings is 1. The Labute approximate surface area is 204 Å². The third-order valence-corrected chi connectivity index (χ3v) is 7.92. The van der Waals surface area contributed by atoms with Crippen LogP contribution in [0.4, 0.5) is 0 Å². The van der Waals surface area contributed by atoms with Gasteiger partial charge in [0.25, 0.3) is 5.56 Å². The van der Waals surface area contributed by atoms with Crippen molar-refractivity contribution in [2.75, 3.05) is 19.7 Å². The van der Waals surface area contributed by atoms with Crippen LogP contribution < -0.4 is 10.9 Å². The molecule has 1 saturated heterocycles. The van der Waals surface area contributed by atoms with Gasteiger partial charge in [0.15, 0.2) is 0 Å². The molecule has 2 aliphatic rings. The van der Waals surface area contributed by atoms with Crippen LogP contribution in [0, 0.1) is 12.8 Å². The summed E-state index contributed by atoms with van der Waals surface area (Å²) in [7, 11) is 1.75. The molecule has 2 heterocycles. The normalized spacial score (nSPS) is 20.6. The van der Waals surface area contributed by atoms with E-state index >= 15 is 0 Å². The van der Waals surface area contributed by atoms with Crippen LogP contribution in [-0.4, -0.2) is 46.2 Å².